The molecule has 2 aromatic carbocycles. The van der Waals surface area contributed by atoms with Gasteiger partial charge in [0.05, 0.1) is 23.1 Å². The zero-order valence-corrected chi connectivity index (χ0v) is 17.6. The lowest BCUT2D eigenvalue weighted by atomic mass is 10.1. The second kappa shape index (κ2) is 8.41. The van der Waals surface area contributed by atoms with Crippen LogP contribution in [0.15, 0.2) is 41.3 Å². The first-order chi connectivity index (χ1) is 14.4. The fourth-order valence-electron chi connectivity index (χ4n) is 3.40. The SMILES string of the molecule is O=C(c1ccc2c(c1)OCCCO2)N1CCN(S(=O)(=O)c2ccc(F)c(Cl)c2)CC1. The third-order valence-electron chi connectivity index (χ3n) is 5.05. The summed E-state index contributed by atoms with van der Waals surface area (Å²) >= 11 is 5.72. The summed E-state index contributed by atoms with van der Waals surface area (Å²) < 4.78 is 51.4. The largest absolute Gasteiger partial charge is 0.490 e. The van der Waals surface area contributed by atoms with Crippen LogP contribution in [0.5, 0.6) is 11.5 Å². The lowest BCUT2D eigenvalue weighted by Gasteiger charge is -2.34. The van der Waals surface area contributed by atoms with Crippen molar-refractivity contribution in [2.45, 2.75) is 11.3 Å². The molecule has 0 atom stereocenters. The van der Waals surface area contributed by atoms with E-state index in [-0.39, 0.29) is 42.0 Å². The molecular formula is C20H20ClFN2O5S. The van der Waals surface area contributed by atoms with E-state index in [0.717, 1.165) is 18.6 Å². The highest BCUT2D eigenvalue weighted by molar-refractivity contribution is 7.89. The summed E-state index contributed by atoms with van der Waals surface area (Å²) in [5.41, 5.74) is 0.459. The summed E-state index contributed by atoms with van der Waals surface area (Å²) in [4.78, 5) is 14.4. The van der Waals surface area contributed by atoms with Crippen LogP contribution >= 0.6 is 11.6 Å². The number of carbonyl (C=O) groups is 1. The molecule has 2 heterocycles. The minimum atomic E-state index is -3.82. The van der Waals surface area contributed by atoms with E-state index in [9.17, 15) is 17.6 Å². The van der Waals surface area contributed by atoms with Gasteiger partial charge in [0.25, 0.3) is 5.91 Å². The normalized spacial score (nSPS) is 17.5. The van der Waals surface area contributed by atoms with E-state index in [0.29, 0.717) is 30.3 Å². The number of rotatable bonds is 3. The van der Waals surface area contributed by atoms with Crippen LogP contribution in [-0.2, 0) is 10.0 Å². The van der Waals surface area contributed by atoms with Gasteiger partial charge in [0.2, 0.25) is 10.0 Å². The molecule has 0 saturated carbocycles. The zero-order valence-electron chi connectivity index (χ0n) is 16.0. The molecule has 2 aliphatic heterocycles. The van der Waals surface area contributed by atoms with Gasteiger partial charge in [-0.1, -0.05) is 11.6 Å². The van der Waals surface area contributed by atoms with Gasteiger partial charge in [-0.3, -0.25) is 4.79 Å². The Morgan fingerprint density at radius 3 is 2.37 bits per heavy atom. The first-order valence-corrected chi connectivity index (χ1v) is 11.3. The molecule has 0 aromatic heterocycles. The van der Waals surface area contributed by atoms with Crippen molar-refractivity contribution in [1.29, 1.82) is 0 Å². The molecule has 4 rings (SSSR count). The van der Waals surface area contributed by atoms with Crippen molar-refractivity contribution in [2.75, 3.05) is 39.4 Å². The second-order valence-corrected chi connectivity index (χ2v) is 9.33. The minimum Gasteiger partial charge on any atom is -0.490 e. The molecule has 0 bridgehead atoms. The number of nitrogens with zero attached hydrogens (tertiary/aromatic N) is 2. The molecular weight excluding hydrogens is 435 g/mol. The van der Waals surface area contributed by atoms with E-state index in [1.54, 1.807) is 23.1 Å². The molecule has 1 saturated heterocycles. The molecule has 1 amide bonds. The van der Waals surface area contributed by atoms with E-state index in [4.69, 9.17) is 21.1 Å². The number of piperazine rings is 1. The topological polar surface area (TPSA) is 76.2 Å². The van der Waals surface area contributed by atoms with Crippen molar-refractivity contribution in [3.63, 3.8) is 0 Å². The van der Waals surface area contributed by atoms with Crippen molar-refractivity contribution < 1.29 is 27.1 Å². The number of benzene rings is 2. The summed E-state index contributed by atoms with van der Waals surface area (Å²) in [7, 11) is -3.82. The number of ether oxygens (including phenoxy) is 2. The second-order valence-electron chi connectivity index (χ2n) is 6.98. The molecule has 0 radical (unpaired) electrons. The number of fused-ring (bicyclic) bond motifs is 1. The minimum absolute atomic E-state index is 0.0726. The van der Waals surface area contributed by atoms with Gasteiger partial charge >= 0.3 is 0 Å². The molecule has 2 aromatic rings. The Bertz CT molecular complexity index is 1070. The third kappa shape index (κ3) is 4.10. The van der Waals surface area contributed by atoms with Gasteiger partial charge in [-0.2, -0.15) is 4.31 Å². The van der Waals surface area contributed by atoms with Crippen molar-refractivity contribution in [2.24, 2.45) is 0 Å². The Morgan fingerprint density at radius 2 is 1.67 bits per heavy atom. The Hall–Kier alpha value is -2.36. The van der Waals surface area contributed by atoms with Gasteiger partial charge in [0, 0.05) is 38.2 Å². The number of hydrogen-bond donors (Lipinski definition) is 0. The average Bonchev–Trinajstić information content (AvgIpc) is 3.00. The molecule has 1 fully saturated rings. The molecule has 0 N–H and O–H groups in total. The first-order valence-electron chi connectivity index (χ1n) is 9.50. The summed E-state index contributed by atoms with van der Waals surface area (Å²) in [5.74, 6) is 0.263. The van der Waals surface area contributed by atoms with Gasteiger partial charge < -0.3 is 14.4 Å². The Morgan fingerprint density at radius 1 is 0.967 bits per heavy atom. The highest BCUT2D eigenvalue weighted by Crippen LogP contribution is 2.31. The standard InChI is InChI=1S/C20H20ClFN2O5S/c21-16-13-15(3-4-17(16)22)30(26,27)24-8-6-23(7-9-24)20(25)14-2-5-18-19(12-14)29-11-1-10-28-18/h2-5,12-13H,1,6-11H2. The summed E-state index contributed by atoms with van der Waals surface area (Å²) in [6.07, 6.45) is 0.771. The van der Waals surface area contributed by atoms with Crippen molar-refractivity contribution in [3.05, 3.63) is 52.8 Å². The zero-order chi connectivity index (χ0) is 21.3. The predicted octanol–water partition coefficient (Wildman–Crippen LogP) is 2.79. The van der Waals surface area contributed by atoms with Crippen LogP contribution in [0.25, 0.3) is 0 Å². The van der Waals surface area contributed by atoms with Crippen LogP contribution in [0, 0.1) is 5.82 Å². The molecule has 160 valence electrons. The maximum Gasteiger partial charge on any atom is 0.254 e. The van der Waals surface area contributed by atoms with Gasteiger partial charge in [0.1, 0.15) is 5.82 Å². The quantitative estimate of drug-likeness (QED) is 0.712. The van der Waals surface area contributed by atoms with E-state index in [2.05, 4.69) is 0 Å². The van der Waals surface area contributed by atoms with Crippen LogP contribution in [0.3, 0.4) is 0 Å². The maximum absolute atomic E-state index is 13.4. The number of amides is 1. The van der Waals surface area contributed by atoms with E-state index < -0.39 is 15.8 Å². The number of hydrogen-bond acceptors (Lipinski definition) is 5. The average molecular weight is 455 g/mol. The first kappa shape index (κ1) is 20.9. The Labute approximate surface area is 179 Å². The maximum atomic E-state index is 13.4. The lowest BCUT2D eigenvalue weighted by molar-refractivity contribution is 0.0697. The van der Waals surface area contributed by atoms with Crippen molar-refractivity contribution >= 4 is 27.5 Å². The van der Waals surface area contributed by atoms with Crippen LogP contribution in [-0.4, -0.2) is 62.9 Å². The van der Waals surface area contributed by atoms with Crippen LogP contribution in [0.1, 0.15) is 16.8 Å². The van der Waals surface area contributed by atoms with E-state index >= 15 is 0 Å². The van der Waals surface area contributed by atoms with Gasteiger partial charge in [-0.05, 0) is 36.4 Å². The molecule has 0 unspecified atom stereocenters. The summed E-state index contributed by atoms with van der Waals surface area (Å²) in [6, 6.07) is 8.37. The van der Waals surface area contributed by atoms with E-state index in [1.165, 1.54) is 10.4 Å². The Balaban J connectivity index is 1.44. The predicted molar refractivity (Wildman–Crippen MR) is 108 cm³/mol. The van der Waals surface area contributed by atoms with Crippen LogP contribution in [0.2, 0.25) is 5.02 Å². The molecule has 0 spiro atoms. The molecule has 30 heavy (non-hydrogen) atoms. The smallest absolute Gasteiger partial charge is 0.254 e. The van der Waals surface area contributed by atoms with Crippen LogP contribution in [0.4, 0.5) is 4.39 Å². The van der Waals surface area contributed by atoms with Crippen LogP contribution < -0.4 is 9.47 Å². The van der Waals surface area contributed by atoms with Gasteiger partial charge in [0.15, 0.2) is 11.5 Å². The molecule has 2 aliphatic rings. The molecule has 10 heteroatoms. The lowest BCUT2D eigenvalue weighted by Crippen LogP contribution is -2.50. The fraction of sp³-hybridized carbons (Fsp3) is 0.350. The third-order valence-corrected chi connectivity index (χ3v) is 7.23. The molecule has 7 nitrogen and oxygen atoms in total. The summed E-state index contributed by atoms with van der Waals surface area (Å²) in [6.45, 7) is 1.83. The van der Waals surface area contributed by atoms with Crippen molar-refractivity contribution in [1.82, 2.24) is 9.21 Å². The Kier molecular flexibility index (Phi) is 5.86. The summed E-state index contributed by atoms with van der Waals surface area (Å²) in [5, 5.41) is -0.251. The number of carbonyl (C=O) groups excluding carboxylic acids is 1. The fourth-order valence-corrected chi connectivity index (χ4v) is 5.09. The van der Waals surface area contributed by atoms with E-state index in [1.807, 2.05) is 0 Å². The molecule has 0 aliphatic carbocycles. The van der Waals surface area contributed by atoms with Gasteiger partial charge in [-0.25, -0.2) is 12.8 Å². The van der Waals surface area contributed by atoms with Crippen molar-refractivity contribution in [3.8, 4) is 11.5 Å². The number of halogens is 2. The monoisotopic (exact) mass is 454 g/mol. The highest BCUT2D eigenvalue weighted by Gasteiger charge is 2.31. The van der Waals surface area contributed by atoms with Gasteiger partial charge in [-0.15, -0.1) is 0 Å². The number of sulfonamides is 1. The highest BCUT2D eigenvalue weighted by atomic mass is 35.5.